The summed E-state index contributed by atoms with van der Waals surface area (Å²) in [5.74, 6) is 0.433. The molecular weight excluding hydrogens is 138 g/mol. The van der Waals surface area contributed by atoms with Crippen LogP contribution < -0.4 is 5.73 Å². The van der Waals surface area contributed by atoms with Gasteiger partial charge in [0, 0.05) is 0 Å². The van der Waals surface area contributed by atoms with Crippen LogP contribution in [0.1, 0.15) is 20.3 Å². The van der Waals surface area contributed by atoms with E-state index in [4.69, 9.17) is 17.3 Å². The van der Waals surface area contributed by atoms with Gasteiger partial charge in [0.25, 0.3) is 0 Å². The van der Waals surface area contributed by atoms with Crippen molar-refractivity contribution in [2.24, 2.45) is 11.7 Å². The van der Waals surface area contributed by atoms with Crippen LogP contribution in [0.25, 0.3) is 0 Å². The molecule has 1 atom stereocenters. The quantitative estimate of drug-likeness (QED) is 0.612. The lowest BCUT2D eigenvalue weighted by atomic mass is 10.1. The largest absolute Gasteiger partial charge is 0.320 e. The first-order valence-electron chi connectivity index (χ1n) is 2.99. The van der Waals surface area contributed by atoms with Crippen molar-refractivity contribution in [1.29, 1.82) is 0 Å². The third-order valence-corrected chi connectivity index (χ3v) is 1.30. The molecule has 0 radical (unpaired) electrons. The molecule has 0 aliphatic carbocycles. The topological polar surface area (TPSA) is 43.1 Å². The van der Waals surface area contributed by atoms with Crippen LogP contribution in [0.2, 0.25) is 0 Å². The molecule has 0 saturated heterocycles. The number of carbonyl (C=O) groups excluding carboxylic acids is 1. The molecule has 0 aliphatic rings. The highest BCUT2D eigenvalue weighted by Crippen LogP contribution is 2.04. The number of rotatable bonds is 3. The van der Waals surface area contributed by atoms with Gasteiger partial charge in [-0.1, -0.05) is 13.8 Å². The predicted octanol–water partition coefficient (Wildman–Crippen LogP) is 1.13. The fourth-order valence-corrected chi connectivity index (χ4v) is 0.690. The lowest BCUT2D eigenvalue weighted by Gasteiger charge is -2.07. The first kappa shape index (κ1) is 8.92. The highest BCUT2D eigenvalue weighted by atomic mass is 35.5. The van der Waals surface area contributed by atoms with Crippen molar-refractivity contribution < 1.29 is 4.79 Å². The van der Waals surface area contributed by atoms with Gasteiger partial charge in [-0.15, -0.1) is 0 Å². The zero-order valence-corrected chi connectivity index (χ0v) is 6.48. The average Bonchev–Trinajstić information content (AvgIpc) is 1.63. The van der Waals surface area contributed by atoms with E-state index in [2.05, 4.69) is 0 Å². The molecule has 2 nitrogen and oxygen atoms in total. The van der Waals surface area contributed by atoms with Crippen LogP contribution in [-0.4, -0.2) is 11.3 Å². The summed E-state index contributed by atoms with van der Waals surface area (Å²) in [4.78, 5) is 10.3. The molecule has 2 N–H and O–H groups in total. The second-order valence-corrected chi connectivity index (χ2v) is 2.91. The maximum absolute atomic E-state index is 10.3. The van der Waals surface area contributed by atoms with Crippen molar-refractivity contribution in [1.82, 2.24) is 0 Å². The minimum Gasteiger partial charge on any atom is -0.320 e. The van der Waals surface area contributed by atoms with E-state index < -0.39 is 11.3 Å². The molecule has 0 unspecified atom stereocenters. The van der Waals surface area contributed by atoms with E-state index in [1.165, 1.54) is 0 Å². The van der Waals surface area contributed by atoms with E-state index in [1.54, 1.807) is 0 Å². The average molecular weight is 150 g/mol. The van der Waals surface area contributed by atoms with Crippen LogP contribution in [0.15, 0.2) is 0 Å². The number of carbonyl (C=O) groups is 1. The van der Waals surface area contributed by atoms with Crippen molar-refractivity contribution in [3.63, 3.8) is 0 Å². The Hall–Kier alpha value is -0.0800. The molecule has 0 rings (SSSR count). The van der Waals surface area contributed by atoms with E-state index in [1.807, 2.05) is 13.8 Å². The molecule has 0 aromatic heterocycles. The SMILES string of the molecule is CC(C)C[C@H](N)C(=O)Cl. The van der Waals surface area contributed by atoms with Gasteiger partial charge in [-0.25, -0.2) is 0 Å². The molecule has 0 bridgehead atoms. The van der Waals surface area contributed by atoms with Gasteiger partial charge in [0.05, 0.1) is 6.04 Å². The maximum Gasteiger partial charge on any atom is 0.238 e. The monoisotopic (exact) mass is 149 g/mol. The summed E-state index contributed by atoms with van der Waals surface area (Å²) in [6.07, 6.45) is 0.669. The van der Waals surface area contributed by atoms with Crippen LogP contribution in [0.5, 0.6) is 0 Å². The highest BCUT2D eigenvalue weighted by Gasteiger charge is 2.10. The highest BCUT2D eigenvalue weighted by molar-refractivity contribution is 6.64. The van der Waals surface area contributed by atoms with Gasteiger partial charge in [-0.3, -0.25) is 4.79 Å². The Morgan fingerprint density at radius 3 is 2.22 bits per heavy atom. The fraction of sp³-hybridized carbons (Fsp3) is 0.833. The summed E-state index contributed by atoms with van der Waals surface area (Å²) in [7, 11) is 0. The van der Waals surface area contributed by atoms with Crippen LogP contribution in [-0.2, 0) is 4.79 Å². The molecule has 54 valence electrons. The summed E-state index contributed by atoms with van der Waals surface area (Å²) in [6.45, 7) is 4.00. The zero-order chi connectivity index (χ0) is 7.44. The Morgan fingerprint density at radius 1 is 1.67 bits per heavy atom. The summed E-state index contributed by atoms with van der Waals surface area (Å²) in [5, 5.41) is -0.441. The lowest BCUT2D eigenvalue weighted by Crippen LogP contribution is -2.28. The summed E-state index contributed by atoms with van der Waals surface area (Å²) in [6, 6.07) is -0.480. The van der Waals surface area contributed by atoms with E-state index in [-0.39, 0.29) is 0 Å². The van der Waals surface area contributed by atoms with Gasteiger partial charge in [0.1, 0.15) is 0 Å². The summed E-state index contributed by atoms with van der Waals surface area (Å²) in [5.41, 5.74) is 5.34. The van der Waals surface area contributed by atoms with E-state index in [9.17, 15) is 4.79 Å². The van der Waals surface area contributed by atoms with Gasteiger partial charge in [-0.05, 0) is 23.9 Å². The van der Waals surface area contributed by atoms with E-state index in [0.717, 1.165) is 0 Å². The van der Waals surface area contributed by atoms with E-state index in [0.29, 0.717) is 12.3 Å². The first-order valence-corrected chi connectivity index (χ1v) is 3.36. The normalized spacial score (nSPS) is 13.9. The van der Waals surface area contributed by atoms with Gasteiger partial charge in [0.2, 0.25) is 5.24 Å². The first-order chi connectivity index (χ1) is 4.04. The molecule has 0 aliphatic heterocycles. The Labute approximate surface area is 60.4 Å². The van der Waals surface area contributed by atoms with Crippen LogP contribution >= 0.6 is 11.6 Å². The Bertz CT molecular complexity index is 103. The molecule has 0 aromatic carbocycles. The van der Waals surface area contributed by atoms with Crippen molar-refractivity contribution >= 4 is 16.8 Å². The molecule has 0 fully saturated rings. The van der Waals surface area contributed by atoms with Crippen molar-refractivity contribution in [3.8, 4) is 0 Å². The standard InChI is InChI=1S/C6H12ClNO/c1-4(2)3-5(8)6(7)9/h4-5H,3,8H2,1-2H3/t5-/m0/s1. The Kier molecular flexibility index (Phi) is 3.82. The minimum atomic E-state index is -0.480. The van der Waals surface area contributed by atoms with Gasteiger partial charge in [0.15, 0.2) is 0 Å². The predicted molar refractivity (Wildman–Crippen MR) is 38.3 cm³/mol. The Balaban J connectivity index is 3.50. The molecule has 0 spiro atoms. The van der Waals surface area contributed by atoms with Crippen LogP contribution in [0, 0.1) is 5.92 Å². The van der Waals surface area contributed by atoms with E-state index >= 15 is 0 Å². The van der Waals surface area contributed by atoms with Crippen molar-refractivity contribution in [3.05, 3.63) is 0 Å². The number of halogens is 1. The van der Waals surface area contributed by atoms with Crippen LogP contribution in [0.3, 0.4) is 0 Å². The zero-order valence-electron chi connectivity index (χ0n) is 5.73. The third kappa shape index (κ3) is 4.43. The molecule has 0 aromatic rings. The second-order valence-electron chi connectivity index (χ2n) is 2.54. The third-order valence-electron chi connectivity index (χ3n) is 1.02. The number of hydrogen-bond acceptors (Lipinski definition) is 2. The molecule has 0 saturated carbocycles. The summed E-state index contributed by atoms with van der Waals surface area (Å²) < 4.78 is 0. The maximum atomic E-state index is 10.3. The van der Waals surface area contributed by atoms with Gasteiger partial charge in [-0.2, -0.15) is 0 Å². The smallest absolute Gasteiger partial charge is 0.238 e. The minimum absolute atomic E-state index is 0.433. The van der Waals surface area contributed by atoms with Crippen LogP contribution in [0.4, 0.5) is 0 Å². The lowest BCUT2D eigenvalue weighted by molar-refractivity contribution is -0.113. The summed E-state index contributed by atoms with van der Waals surface area (Å²) >= 11 is 5.11. The number of hydrogen-bond donors (Lipinski definition) is 1. The molecule has 3 heteroatoms. The molecular formula is C6H12ClNO. The second kappa shape index (κ2) is 3.85. The molecule has 9 heavy (non-hydrogen) atoms. The van der Waals surface area contributed by atoms with Gasteiger partial charge >= 0.3 is 0 Å². The molecule has 0 heterocycles. The fourth-order valence-electron chi connectivity index (χ4n) is 0.601. The molecule has 0 amide bonds. The van der Waals surface area contributed by atoms with Crippen molar-refractivity contribution in [2.45, 2.75) is 26.3 Å². The number of nitrogens with two attached hydrogens (primary N) is 1. The van der Waals surface area contributed by atoms with Crippen molar-refractivity contribution in [2.75, 3.05) is 0 Å². The Morgan fingerprint density at radius 2 is 2.11 bits per heavy atom. The van der Waals surface area contributed by atoms with Gasteiger partial charge < -0.3 is 5.73 Å².